The van der Waals surface area contributed by atoms with Gasteiger partial charge in [-0.2, -0.15) is 0 Å². The highest BCUT2D eigenvalue weighted by Gasteiger charge is 2.31. The Labute approximate surface area is 220 Å². The number of carbonyl (C=O) groups excluding carboxylic acids is 2. The van der Waals surface area contributed by atoms with E-state index in [4.69, 9.17) is 16.3 Å². The van der Waals surface area contributed by atoms with Gasteiger partial charge in [0.2, 0.25) is 5.91 Å². The molecule has 1 atom stereocenters. The number of ether oxygens (including phenoxy) is 1. The molecule has 0 saturated carbocycles. The Hall–Kier alpha value is -2.83. The van der Waals surface area contributed by atoms with Crippen LogP contribution in [0.4, 0.5) is 0 Å². The largest absolute Gasteiger partial charge is 0.484 e. The minimum atomic E-state index is -0.724. The van der Waals surface area contributed by atoms with Crippen molar-refractivity contribution in [3.8, 4) is 5.75 Å². The van der Waals surface area contributed by atoms with E-state index in [1.165, 1.54) is 0 Å². The van der Waals surface area contributed by atoms with Gasteiger partial charge in [-0.15, -0.1) is 0 Å². The molecule has 35 heavy (non-hydrogen) atoms. The molecule has 0 unspecified atom stereocenters. The average molecular weight is 558 g/mol. The summed E-state index contributed by atoms with van der Waals surface area (Å²) in [5.74, 6) is 0.0919. The number of aryl methyl sites for hydroxylation is 2. The van der Waals surface area contributed by atoms with Crippen molar-refractivity contribution in [3.63, 3.8) is 0 Å². The van der Waals surface area contributed by atoms with Crippen molar-refractivity contribution in [1.29, 1.82) is 0 Å². The van der Waals surface area contributed by atoms with Crippen LogP contribution in [0.15, 0.2) is 71.2 Å². The number of hydrogen-bond donors (Lipinski definition) is 1. The second-order valence-electron chi connectivity index (χ2n) is 8.37. The summed E-state index contributed by atoms with van der Waals surface area (Å²) in [6.07, 6.45) is 0.374. The lowest BCUT2D eigenvalue weighted by molar-refractivity contribution is -0.142. The van der Waals surface area contributed by atoms with Crippen LogP contribution in [0, 0.1) is 13.8 Å². The molecular weight excluding hydrogens is 528 g/mol. The van der Waals surface area contributed by atoms with Crippen LogP contribution in [0.2, 0.25) is 5.02 Å². The van der Waals surface area contributed by atoms with Gasteiger partial charge in [0.15, 0.2) is 6.61 Å². The molecular formula is C28H30BrClN2O3. The molecule has 0 spiro atoms. The van der Waals surface area contributed by atoms with E-state index in [1.807, 2.05) is 81.4 Å². The topological polar surface area (TPSA) is 58.6 Å². The molecule has 0 aliphatic heterocycles. The lowest BCUT2D eigenvalue weighted by atomic mass is 10.0. The highest BCUT2D eigenvalue weighted by atomic mass is 79.9. The van der Waals surface area contributed by atoms with E-state index in [2.05, 4.69) is 21.2 Å². The van der Waals surface area contributed by atoms with Crippen LogP contribution in [0.1, 0.15) is 29.2 Å². The smallest absolute Gasteiger partial charge is 0.261 e. The number of carbonyl (C=O) groups is 2. The first-order chi connectivity index (χ1) is 16.8. The summed E-state index contributed by atoms with van der Waals surface area (Å²) < 4.78 is 6.91. The maximum absolute atomic E-state index is 13.6. The molecule has 184 valence electrons. The first-order valence-electron chi connectivity index (χ1n) is 11.5. The summed E-state index contributed by atoms with van der Waals surface area (Å²) in [5, 5.41) is 3.43. The number of hydrogen-bond acceptors (Lipinski definition) is 3. The van der Waals surface area contributed by atoms with E-state index in [0.29, 0.717) is 23.7 Å². The highest BCUT2D eigenvalue weighted by molar-refractivity contribution is 9.10. The third-order valence-corrected chi connectivity index (χ3v) is 7.31. The van der Waals surface area contributed by atoms with Crippen LogP contribution < -0.4 is 10.1 Å². The van der Waals surface area contributed by atoms with Gasteiger partial charge in [-0.3, -0.25) is 9.59 Å². The number of amides is 2. The number of nitrogens with one attached hydrogen (secondary N) is 1. The van der Waals surface area contributed by atoms with E-state index in [-0.39, 0.29) is 25.0 Å². The van der Waals surface area contributed by atoms with Gasteiger partial charge in [-0.05, 0) is 61.2 Å². The molecule has 7 heteroatoms. The number of likely N-dealkylation sites (N-methyl/N-ethyl adjacent to an activating group) is 1. The zero-order chi connectivity index (χ0) is 25.4. The second kappa shape index (κ2) is 12.8. The molecule has 3 aromatic carbocycles. The average Bonchev–Trinajstić information content (AvgIpc) is 2.85. The Morgan fingerprint density at radius 2 is 1.66 bits per heavy atom. The zero-order valence-corrected chi connectivity index (χ0v) is 22.5. The van der Waals surface area contributed by atoms with Crippen molar-refractivity contribution < 1.29 is 14.3 Å². The van der Waals surface area contributed by atoms with Crippen LogP contribution in [0.3, 0.4) is 0 Å². The predicted molar refractivity (Wildman–Crippen MR) is 144 cm³/mol. The molecule has 2 amide bonds. The minimum Gasteiger partial charge on any atom is -0.484 e. The molecule has 0 fully saturated rings. The standard InChI is InChI=1S/C28H30BrClN2O3/c1-4-31-28(34)25(16-21-10-6-5-7-11-21)32(17-22-12-8-9-13-24(22)30)26(33)18-35-23-14-19(2)27(29)20(3)15-23/h5-15,25H,4,16-18H2,1-3H3,(H,31,34)/t25-/m0/s1. The van der Waals surface area contributed by atoms with E-state index in [0.717, 1.165) is 26.7 Å². The molecule has 1 N–H and O–H groups in total. The number of halogens is 2. The van der Waals surface area contributed by atoms with Gasteiger partial charge in [0.25, 0.3) is 5.91 Å². The lowest BCUT2D eigenvalue weighted by Gasteiger charge is -2.31. The van der Waals surface area contributed by atoms with Crippen LogP contribution in [0.25, 0.3) is 0 Å². The van der Waals surface area contributed by atoms with Crippen LogP contribution in [-0.4, -0.2) is 35.9 Å². The number of benzene rings is 3. The summed E-state index contributed by atoms with van der Waals surface area (Å²) in [7, 11) is 0. The lowest BCUT2D eigenvalue weighted by Crippen LogP contribution is -2.51. The van der Waals surface area contributed by atoms with Crippen molar-refractivity contribution >= 4 is 39.3 Å². The summed E-state index contributed by atoms with van der Waals surface area (Å²) in [6.45, 7) is 6.26. The first-order valence-corrected chi connectivity index (χ1v) is 12.7. The molecule has 3 aromatic rings. The quantitative estimate of drug-likeness (QED) is 0.339. The Bertz CT molecular complexity index is 1150. The van der Waals surface area contributed by atoms with E-state index in [9.17, 15) is 9.59 Å². The third-order valence-electron chi connectivity index (χ3n) is 5.69. The minimum absolute atomic E-state index is 0.189. The van der Waals surface area contributed by atoms with E-state index < -0.39 is 6.04 Å². The normalized spacial score (nSPS) is 11.6. The Morgan fingerprint density at radius 1 is 1.03 bits per heavy atom. The molecule has 5 nitrogen and oxygen atoms in total. The summed E-state index contributed by atoms with van der Waals surface area (Å²) in [4.78, 5) is 28.3. The second-order valence-corrected chi connectivity index (χ2v) is 9.57. The van der Waals surface area contributed by atoms with Gasteiger partial charge >= 0.3 is 0 Å². The van der Waals surface area contributed by atoms with Crippen LogP contribution >= 0.6 is 27.5 Å². The monoisotopic (exact) mass is 556 g/mol. The Kier molecular flexibility index (Phi) is 9.75. The van der Waals surface area contributed by atoms with Gasteiger partial charge in [-0.25, -0.2) is 0 Å². The first kappa shape index (κ1) is 26.8. The molecule has 0 saturated heterocycles. The van der Waals surface area contributed by atoms with Crippen LogP contribution in [0.5, 0.6) is 5.75 Å². The van der Waals surface area contributed by atoms with Crippen molar-refractivity contribution in [2.45, 2.75) is 39.8 Å². The van der Waals surface area contributed by atoms with Crippen molar-refractivity contribution in [3.05, 3.63) is 98.5 Å². The van der Waals surface area contributed by atoms with Crippen molar-refractivity contribution in [2.75, 3.05) is 13.2 Å². The zero-order valence-electron chi connectivity index (χ0n) is 20.2. The van der Waals surface area contributed by atoms with Crippen molar-refractivity contribution in [2.24, 2.45) is 0 Å². The highest BCUT2D eigenvalue weighted by Crippen LogP contribution is 2.27. The molecule has 0 heterocycles. The van der Waals surface area contributed by atoms with Gasteiger partial charge < -0.3 is 15.0 Å². The van der Waals surface area contributed by atoms with Gasteiger partial charge in [0.1, 0.15) is 11.8 Å². The third kappa shape index (κ3) is 7.33. The predicted octanol–water partition coefficient (Wildman–Crippen LogP) is 5.87. The number of rotatable bonds is 10. The van der Waals surface area contributed by atoms with E-state index in [1.54, 1.807) is 11.0 Å². The fraction of sp³-hybridized carbons (Fsp3) is 0.286. The summed E-state index contributed by atoms with van der Waals surface area (Å²) in [6, 6.07) is 20.1. The Balaban J connectivity index is 1.91. The maximum Gasteiger partial charge on any atom is 0.261 e. The SMILES string of the molecule is CCNC(=O)[C@H](Cc1ccccc1)N(Cc1ccccc1Cl)C(=O)COc1cc(C)c(Br)c(C)c1. The van der Waals surface area contributed by atoms with Gasteiger partial charge in [0.05, 0.1) is 0 Å². The summed E-state index contributed by atoms with van der Waals surface area (Å²) in [5.41, 5.74) is 3.76. The molecule has 3 rings (SSSR count). The Morgan fingerprint density at radius 3 is 2.29 bits per heavy atom. The van der Waals surface area contributed by atoms with Crippen LogP contribution in [-0.2, 0) is 22.6 Å². The molecule has 0 bridgehead atoms. The molecule has 0 aromatic heterocycles. The fourth-order valence-electron chi connectivity index (χ4n) is 3.87. The molecule has 0 radical (unpaired) electrons. The molecule has 0 aliphatic rings. The van der Waals surface area contributed by atoms with E-state index >= 15 is 0 Å². The summed E-state index contributed by atoms with van der Waals surface area (Å²) >= 11 is 9.98. The number of nitrogens with zero attached hydrogens (tertiary/aromatic N) is 1. The maximum atomic E-state index is 13.6. The van der Waals surface area contributed by atoms with Gasteiger partial charge in [-0.1, -0.05) is 76.1 Å². The van der Waals surface area contributed by atoms with Gasteiger partial charge in [0, 0.05) is 29.0 Å². The van der Waals surface area contributed by atoms with Crippen molar-refractivity contribution in [1.82, 2.24) is 10.2 Å². The fourth-order valence-corrected chi connectivity index (χ4v) is 4.30. The molecule has 0 aliphatic carbocycles.